The van der Waals surface area contributed by atoms with Crippen molar-refractivity contribution in [1.82, 2.24) is 0 Å². The fourth-order valence-corrected chi connectivity index (χ4v) is 3.23. The summed E-state index contributed by atoms with van der Waals surface area (Å²) in [7, 11) is 1.29. The zero-order valence-electron chi connectivity index (χ0n) is 17.4. The molecule has 0 atom stereocenters. The Bertz CT molecular complexity index is 1110. The van der Waals surface area contributed by atoms with Crippen molar-refractivity contribution in [3.05, 3.63) is 101 Å². The second kappa shape index (κ2) is 9.17. The number of benzene rings is 3. The monoisotopic (exact) mass is 415 g/mol. The normalized spacial score (nSPS) is 12.0. The van der Waals surface area contributed by atoms with Crippen LogP contribution in [0.25, 0.3) is 0 Å². The predicted molar refractivity (Wildman–Crippen MR) is 117 cm³/mol. The number of carbonyl (C=O) groups excluding carboxylic acids is 4. The standard InChI is InChI=1S/C23H15NO5.C2H6/c1-29-23(28)16-8-6-14(7-9-16)20(25)15-10-12-17(13-11-15)24-21(26)18-4-2-3-5-19(18)22(24)27;1-2/h2-13H,1H3;1-2H3. The van der Waals surface area contributed by atoms with Crippen molar-refractivity contribution < 1.29 is 23.9 Å². The Balaban J connectivity index is 0.00000132. The zero-order chi connectivity index (χ0) is 22.5. The molecule has 1 aliphatic rings. The van der Waals surface area contributed by atoms with E-state index in [0.29, 0.717) is 33.5 Å². The largest absolute Gasteiger partial charge is 0.465 e. The summed E-state index contributed by atoms with van der Waals surface area (Å²) in [6.07, 6.45) is 0. The third kappa shape index (κ3) is 4.00. The lowest BCUT2D eigenvalue weighted by Crippen LogP contribution is -2.29. The molecule has 0 N–H and O–H groups in total. The van der Waals surface area contributed by atoms with Crippen LogP contribution in [0.1, 0.15) is 60.8 Å². The molecule has 0 bridgehead atoms. The molecule has 6 nitrogen and oxygen atoms in total. The number of amides is 2. The number of nitrogens with zero attached hydrogens (tertiary/aromatic N) is 1. The number of anilines is 1. The third-order valence-corrected chi connectivity index (χ3v) is 4.75. The summed E-state index contributed by atoms with van der Waals surface area (Å²) in [5, 5.41) is 0. The Hall–Kier alpha value is -4.06. The van der Waals surface area contributed by atoms with Crippen molar-refractivity contribution >= 4 is 29.3 Å². The van der Waals surface area contributed by atoms with Crippen LogP contribution in [0, 0.1) is 0 Å². The summed E-state index contributed by atoms with van der Waals surface area (Å²) in [6, 6.07) is 19.1. The Morgan fingerprint density at radius 3 is 1.55 bits per heavy atom. The highest BCUT2D eigenvalue weighted by molar-refractivity contribution is 6.34. The van der Waals surface area contributed by atoms with Gasteiger partial charge in [0.1, 0.15) is 0 Å². The van der Waals surface area contributed by atoms with E-state index in [1.165, 1.54) is 19.2 Å². The summed E-state index contributed by atoms with van der Waals surface area (Å²) >= 11 is 0. The van der Waals surface area contributed by atoms with Crippen molar-refractivity contribution in [2.75, 3.05) is 12.0 Å². The maximum atomic E-state index is 12.7. The maximum Gasteiger partial charge on any atom is 0.337 e. The highest BCUT2D eigenvalue weighted by Crippen LogP contribution is 2.28. The molecule has 156 valence electrons. The van der Waals surface area contributed by atoms with Gasteiger partial charge in [0.25, 0.3) is 11.8 Å². The van der Waals surface area contributed by atoms with E-state index in [2.05, 4.69) is 4.74 Å². The minimum absolute atomic E-state index is 0.240. The second-order valence-corrected chi connectivity index (χ2v) is 6.44. The van der Waals surface area contributed by atoms with Gasteiger partial charge in [-0.25, -0.2) is 9.69 Å². The van der Waals surface area contributed by atoms with Gasteiger partial charge in [-0.1, -0.05) is 38.1 Å². The molecule has 3 aromatic carbocycles. The van der Waals surface area contributed by atoms with Crippen molar-refractivity contribution in [3.63, 3.8) is 0 Å². The number of fused-ring (bicyclic) bond motifs is 1. The van der Waals surface area contributed by atoms with Crippen LogP contribution < -0.4 is 4.90 Å². The van der Waals surface area contributed by atoms with E-state index in [4.69, 9.17) is 0 Å². The van der Waals surface area contributed by atoms with E-state index in [1.807, 2.05) is 13.8 Å². The molecule has 6 heteroatoms. The van der Waals surface area contributed by atoms with Crippen LogP contribution in [-0.4, -0.2) is 30.7 Å². The molecule has 31 heavy (non-hydrogen) atoms. The fraction of sp³-hybridized carbons (Fsp3) is 0.120. The average Bonchev–Trinajstić information content (AvgIpc) is 3.09. The first-order chi connectivity index (χ1) is 15.0. The molecular formula is C25H21NO5. The van der Waals surface area contributed by atoms with Crippen LogP contribution in [0.5, 0.6) is 0 Å². The highest BCUT2D eigenvalue weighted by Gasteiger charge is 2.36. The summed E-state index contributed by atoms with van der Waals surface area (Å²) < 4.78 is 4.64. The van der Waals surface area contributed by atoms with Gasteiger partial charge < -0.3 is 4.74 Å². The molecule has 0 saturated carbocycles. The lowest BCUT2D eigenvalue weighted by Gasteiger charge is -2.14. The quantitative estimate of drug-likeness (QED) is 0.355. The molecule has 0 aromatic heterocycles. The third-order valence-electron chi connectivity index (χ3n) is 4.75. The average molecular weight is 415 g/mol. The summed E-state index contributed by atoms with van der Waals surface area (Å²) in [5.74, 6) is -1.49. The molecule has 0 aliphatic carbocycles. The van der Waals surface area contributed by atoms with E-state index in [9.17, 15) is 19.2 Å². The lowest BCUT2D eigenvalue weighted by atomic mass is 10.0. The van der Waals surface area contributed by atoms with Crippen molar-refractivity contribution in [2.24, 2.45) is 0 Å². The van der Waals surface area contributed by atoms with Crippen LogP contribution >= 0.6 is 0 Å². The number of imide groups is 1. The Morgan fingerprint density at radius 1 is 0.677 bits per heavy atom. The van der Waals surface area contributed by atoms with Gasteiger partial charge in [0.05, 0.1) is 29.5 Å². The van der Waals surface area contributed by atoms with Gasteiger partial charge in [0.2, 0.25) is 0 Å². The molecule has 0 saturated heterocycles. The summed E-state index contributed by atoms with van der Waals surface area (Å²) in [5.41, 5.74) is 2.29. The van der Waals surface area contributed by atoms with Gasteiger partial charge in [-0.15, -0.1) is 0 Å². The van der Waals surface area contributed by atoms with Crippen molar-refractivity contribution in [3.8, 4) is 0 Å². The van der Waals surface area contributed by atoms with E-state index < -0.39 is 5.97 Å². The first-order valence-electron chi connectivity index (χ1n) is 9.82. The SMILES string of the molecule is CC.COC(=O)c1ccc(C(=O)c2ccc(N3C(=O)c4ccccc4C3=O)cc2)cc1. The van der Waals surface area contributed by atoms with Gasteiger partial charge >= 0.3 is 5.97 Å². The lowest BCUT2D eigenvalue weighted by molar-refractivity contribution is 0.0600. The molecule has 2 amide bonds. The Labute approximate surface area is 180 Å². The molecule has 0 fully saturated rings. The van der Waals surface area contributed by atoms with Crippen LogP contribution in [0.2, 0.25) is 0 Å². The van der Waals surface area contributed by atoms with Crippen molar-refractivity contribution in [2.45, 2.75) is 13.8 Å². The van der Waals surface area contributed by atoms with Gasteiger partial charge in [0.15, 0.2) is 5.78 Å². The van der Waals surface area contributed by atoms with Crippen LogP contribution in [0.4, 0.5) is 5.69 Å². The van der Waals surface area contributed by atoms with Gasteiger partial charge in [-0.05, 0) is 48.5 Å². The van der Waals surface area contributed by atoms with E-state index in [0.717, 1.165) is 4.90 Å². The maximum absolute atomic E-state index is 12.7. The predicted octanol–water partition coefficient (Wildman–Crippen LogP) is 4.53. The summed E-state index contributed by atoms with van der Waals surface area (Å²) in [4.78, 5) is 50.4. The number of hydrogen-bond acceptors (Lipinski definition) is 5. The smallest absolute Gasteiger partial charge is 0.337 e. The Morgan fingerprint density at radius 2 is 1.10 bits per heavy atom. The Kier molecular flexibility index (Phi) is 6.40. The number of carbonyl (C=O) groups is 4. The molecule has 1 heterocycles. The molecule has 3 aromatic rings. The molecule has 0 unspecified atom stereocenters. The number of ketones is 1. The number of hydrogen-bond donors (Lipinski definition) is 0. The topological polar surface area (TPSA) is 80.8 Å². The first-order valence-corrected chi connectivity index (χ1v) is 9.82. The van der Waals surface area contributed by atoms with Crippen LogP contribution in [0.3, 0.4) is 0 Å². The van der Waals surface area contributed by atoms with E-state index in [1.54, 1.807) is 60.7 Å². The van der Waals surface area contributed by atoms with Crippen LogP contribution in [0.15, 0.2) is 72.8 Å². The number of methoxy groups -OCH3 is 1. The molecule has 0 spiro atoms. The second-order valence-electron chi connectivity index (χ2n) is 6.44. The van der Waals surface area contributed by atoms with Crippen molar-refractivity contribution in [1.29, 1.82) is 0 Å². The minimum Gasteiger partial charge on any atom is -0.465 e. The molecular weight excluding hydrogens is 394 g/mol. The van der Waals surface area contributed by atoms with Gasteiger partial charge in [-0.2, -0.15) is 0 Å². The fourth-order valence-electron chi connectivity index (χ4n) is 3.23. The van der Waals surface area contributed by atoms with Gasteiger partial charge in [-0.3, -0.25) is 14.4 Å². The zero-order valence-corrected chi connectivity index (χ0v) is 17.4. The summed E-state index contributed by atoms with van der Waals surface area (Å²) in [6.45, 7) is 4.00. The molecule has 0 radical (unpaired) electrons. The number of ether oxygens (including phenoxy) is 1. The number of rotatable bonds is 4. The number of esters is 1. The van der Waals surface area contributed by atoms with Crippen LogP contribution in [-0.2, 0) is 4.74 Å². The first kappa shape index (κ1) is 21.6. The van der Waals surface area contributed by atoms with Gasteiger partial charge in [0, 0.05) is 11.1 Å². The van der Waals surface area contributed by atoms with E-state index in [-0.39, 0.29) is 17.6 Å². The van der Waals surface area contributed by atoms with E-state index >= 15 is 0 Å². The molecule has 1 aliphatic heterocycles. The minimum atomic E-state index is -0.478. The molecule has 4 rings (SSSR count). The highest BCUT2D eigenvalue weighted by atomic mass is 16.5.